The molecule has 1 N–H and O–H groups in total. The van der Waals surface area contributed by atoms with Crippen molar-refractivity contribution in [1.82, 2.24) is 20.1 Å². The van der Waals surface area contributed by atoms with E-state index in [-0.39, 0.29) is 24.1 Å². The molecule has 0 atom stereocenters. The van der Waals surface area contributed by atoms with Gasteiger partial charge in [-0.25, -0.2) is 18.4 Å². The van der Waals surface area contributed by atoms with Gasteiger partial charge in [0.25, 0.3) is 0 Å². The summed E-state index contributed by atoms with van der Waals surface area (Å²) in [7, 11) is 0. The van der Waals surface area contributed by atoms with E-state index in [1.807, 2.05) is 13.0 Å². The summed E-state index contributed by atoms with van der Waals surface area (Å²) in [5, 5.41) is 8.10. The average molecular weight is 392 g/mol. The average Bonchev–Trinajstić information content (AvgIpc) is 3.04. The number of hydrogen-bond acceptors (Lipinski definition) is 3. The minimum absolute atomic E-state index is 0.00536. The van der Waals surface area contributed by atoms with Crippen molar-refractivity contribution in [1.29, 1.82) is 0 Å². The van der Waals surface area contributed by atoms with Crippen molar-refractivity contribution in [2.45, 2.75) is 20.0 Å². The quantitative estimate of drug-likeness (QED) is 0.558. The van der Waals surface area contributed by atoms with Gasteiger partial charge in [-0.15, -0.1) is 0 Å². The molecule has 2 heterocycles. The number of carbonyl (C=O) groups is 1. The van der Waals surface area contributed by atoms with Crippen LogP contribution in [-0.2, 0) is 17.9 Å². The predicted octanol–water partition coefficient (Wildman–Crippen LogP) is 4.00. The summed E-state index contributed by atoms with van der Waals surface area (Å²) in [6, 6.07) is 14.0. The van der Waals surface area contributed by atoms with E-state index in [4.69, 9.17) is 0 Å². The maximum Gasteiger partial charge on any atom is 0.242 e. The molecule has 0 aliphatic rings. The Morgan fingerprint density at radius 2 is 1.66 bits per heavy atom. The van der Waals surface area contributed by atoms with Gasteiger partial charge < -0.3 is 5.32 Å². The fraction of sp³-hybridized carbons (Fsp3) is 0.136. The summed E-state index contributed by atoms with van der Waals surface area (Å²) in [5.41, 5.74) is 3.85. The van der Waals surface area contributed by atoms with Gasteiger partial charge in [-0.2, -0.15) is 5.10 Å². The molecule has 4 aromatic rings. The summed E-state index contributed by atoms with van der Waals surface area (Å²) >= 11 is 0. The Bertz CT molecular complexity index is 1170. The molecular weight excluding hydrogens is 374 g/mol. The molecule has 0 radical (unpaired) electrons. The zero-order chi connectivity index (χ0) is 20.4. The Hall–Kier alpha value is -3.61. The molecule has 5 nitrogen and oxygen atoms in total. The molecule has 0 bridgehead atoms. The lowest BCUT2D eigenvalue weighted by Gasteiger charge is -2.07. The molecule has 4 rings (SSSR count). The molecule has 0 saturated heterocycles. The van der Waals surface area contributed by atoms with Gasteiger partial charge in [0, 0.05) is 18.1 Å². The lowest BCUT2D eigenvalue weighted by Crippen LogP contribution is -2.27. The van der Waals surface area contributed by atoms with Crippen LogP contribution in [0.2, 0.25) is 0 Å². The third kappa shape index (κ3) is 3.99. The second-order valence-electron chi connectivity index (χ2n) is 6.71. The topological polar surface area (TPSA) is 59.8 Å². The lowest BCUT2D eigenvalue weighted by molar-refractivity contribution is -0.121. The Morgan fingerprint density at radius 3 is 2.34 bits per heavy atom. The van der Waals surface area contributed by atoms with Gasteiger partial charge in [-0.05, 0) is 53.9 Å². The molecule has 146 valence electrons. The SMILES string of the molecule is Cc1nn(CC(=O)NCc2ccc(F)cc2)c2nccc(-c3ccc(F)cc3)c12. The Morgan fingerprint density at radius 1 is 1.00 bits per heavy atom. The van der Waals surface area contributed by atoms with Gasteiger partial charge >= 0.3 is 0 Å². The highest BCUT2D eigenvalue weighted by molar-refractivity contribution is 5.95. The number of hydrogen-bond donors (Lipinski definition) is 1. The third-order valence-corrected chi connectivity index (χ3v) is 4.66. The van der Waals surface area contributed by atoms with Gasteiger partial charge in [0.2, 0.25) is 5.91 Å². The van der Waals surface area contributed by atoms with E-state index in [0.29, 0.717) is 12.2 Å². The molecule has 2 aromatic carbocycles. The van der Waals surface area contributed by atoms with Gasteiger partial charge in [0.15, 0.2) is 5.65 Å². The van der Waals surface area contributed by atoms with E-state index >= 15 is 0 Å². The van der Waals surface area contributed by atoms with Crippen LogP contribution in [-0.4, -0.2) is 20.7 Å². The Labute approximate surface area is 166 Å². The second-order valence-corrected chi connectivity index (χ2v) is 6.71. The largest absolute Gasteiger partial charge is 0.350 e. The van der Waals surface area contributed by atoms with E-state index in [1.54, 1.807) is 35.1 Å². The van der Waals surface area contributed by atoms with Crippen LogP contribution in [0.25, 0.3) is 22.2 Å². The number of nitrogens with one attached hydrogen (secondary N) is 1. The monoisotopic (exact) mass is 392 g/mol. The molecule has 0 aliphatic carbocycles. The molecule has 2 aromatic heterocycles. The summed E-state index contributed by atoms with van der Waals surface area (Å²) in [6.45, 7) is 2.15. The normalized spacial score (nSPS) is 11.0. The summed E-state index contributed by atoms with van der Waals surface area (Å²) < 4.78 is 27.8. The molecule has 0 fully saturated rings. The maximum atomic E-state index is 13.3. The first kappa shape index (κ1) is 18.7. The van der Waals surface area contributed by atoms with E-state index in [9.17, 15) is 13.6 Å². The molecule has 0 unspecified atom stereocenters. The zero-order valence-corrected chi connectivity index (χ0v) is 15.7. The highest BCUT2D eigenvalue weighted by Gasteiger charge is 2.16. The number of halogens is 2. The number of rotatable bonds is 5. The summed E-state index contributed by atoms with van der Waals surface area (Å²) in [6.07, 6.45) is 1.65. The predicted molar refractivity (Wildman–Crippen MR) is 106 cm³/mol. The van der Waals surface area contributed by atoms with Crippen LogP contribution in [0.5, 0.6) is 0 Å². The molecular formula is C22H18F2N4O. The van der Waals surface area contributed by atoms with Crippen molar-refractivity contribution in [3.63, 3.8) is 0 Å². The molecule has 0 aliphatic heterocycles. The van der Waals surface area contributed by atoms with Crippen LogP contribution in [0.3, 0.4) is 0 Å². The van der Waals surface area contributed by atoms with E-state index < -0.39 is 0 Å². The number of amides is 1. The van der Waals surface area contributed by atoms with Gasteiger partial charge in [-0.3, -0.25) is 4.79 Å². The minimum Gasteiger partial charge on any atom is -0.350 e. The fourth-order valence-electron chi connectivity index (χ4n) is 3.26. The van der Waals surface area contributed by atoms with Crippen LogP contribution in [0.4, 0.5) is 8.78 Å². The lowest BCUT2D eigenvalue weighted by atomic mass is 10.0. The van der Waals surface area contributed by atoms with Crippen molar-refractivity contribution in [2.75, 3.05) is 0 Å². The Balaban J connectivity index is 1.56. The van der Waals surface area contributed by atoms with Gasteiger partial charge in [0.1, 0.15) is 18.2 Å². The van der Waals surface area contributed by atoms with Crippen LogP contribution < -0.4 is 5.32 Å². The number of pyridine rings is 1. The number of benzene rings is 2. The van der Waals surface area contributed by atoms with Crippen molar-refractivity contribution >= 4 is 16.9 Å². The third-order valence-electron chi connectivity index (χ3n) is 4.66. The number of aromatic nitrogens is 3. The molecule has 1 amide bonds. The summed E-state index contributed by atoms with van der Waals surface area (Å²) in [5.74, 6) is -0.849. The van der Waals surface area contributed by atoms with Crippen molar-refractivity contribution < 1.29 is 13.6 Å². The second kappa shape index (κ2) is 7.79. The summed E-state index contributed by atoms with van der Waals surface area (Å²) in [4.78, 5) is 16.8. The minimum atomic E-state index is -0.318. The van der Waals surface area contributed by atoms with E-state index in [1.165, 1.54) is 24.3 Å². The van der Waals surface area contributed by atoms with E-state index in [0.717, 1.165) is 27.8 Å². The maximum absolute atomic E-state index is 13.3. The fourth-order valence-corrected chi connectivity index (χ4v) is 3.26. The Kier molecular flexibility index (Phi) is 5.03. The van der Waals surface area contributed by atoms with Gasteiger partial charge in [0.05, 0.1) is 5.69 Å². The van der Waals surface area contributed by atoms with Crippen LogP contribution >= 0.6 is 0 Å². The zero-order valence-electron chi connectivity index (χ0n) is 15.7. The molecule has 7 heteroatoms. The highest BCUT2D eigenvalue weighted by Crippen LogP contribution is 2.29. The van der Waals surface area contributed by atoms with Crippen molar-refractivity contribution in [3.8, 4) is 11.1 Å². The molecule has 29 heavy (non-hydrogen) atoms. The van der Waals surface area contributed by atoms with Crippen molar-refractivity contribution in [3.05, 3.63) is 83.7 Å². The van der Waals surface area contributed by atoms with Crippen molar-refractivity contribution in [2.24, 2.45) is 0 Å². The number of aryl methyl sites for hydroxylation is 1. The highest BCUT2D eigenvalue weighted by atomic mass is 19.1. The van der Waals surface area contributed by atoms with Crippen LogP contribution in [0, 0.1) is 18.6 Å². The first-order valence-electron chi connectivity index (χ1n) is 9.10. The first-order chi connectivity index (χ1) is 14.0. The standard InChI is InChI=1S/C22H18F2N4O/c1-14-21-19(16-4-8-18(24)9-5-16)10-11-25-22(21)28(27-14)13-20(29)26-12-15-2-6-17(23)7-3-15/h2-11H,12-13H2,1H3,(H,26,29). The van der Waals surface area contributed by atoms with E-state index in [2.05, 4.69) is 15.4 Å². The number of nitrogens with zero attached hydrogens (tertiary/aromatic N) is 3. The smallest absolute Gasteiger partial charge is 0.242 e. The number of carbonyl (C=O) groups excluding carboxylic acids is 1. The van der Waals surface area contributed by atoms with Gasteiger partial charge in [-0.1, -0.05) is 24.3 Å². The van der Waals surface area contributed by atoms with Crippen LogP contribution in [0.15, 0.2) is 60.8 Å². The van der Waals surface area contributed by atoms with Crippen LogP contribution in [0.1, 0.15) is 11.3 Å². The first-order valence-corrected chi connectivity index (χ1v) is 9.10. The molecule has 0 spiro atoms. The molecule has 0 saturated carbocycles. The number of fused-ring (bicyclic) bond motifs is 1.